The van der Waals surface area contributed by atoms with Crippen LogP contribution in [0.15, 0.2) is 24.3 Å². The monoisotopic (exact) mass is 359 g/mol. The van der Waals surface area contributed by atoms with E-state index in [1.165, 1.54) is 37.7 Å². The molecule has 0 saturated heterocycles. The maximum absolute atomic E-state index is 11.1. The third-order valence-electron chi connectivity index (χ3n) is 6.43. The summed E-state index contributed by atoms with van der Waals surface area (Å²) < 4.78 is 6.13. The van der Waals surface area contributed by atoms with E-state index in [-0.39, 0.29) is 0 Å². The summed E-state index contributed by atoms with van der Waals surface area (Å²) in [4.78, 5) is 13.7. The quantitative estimate of drug-likeness (QED) is 0.729. The number of carbonyl (C=O) groups is 1. The van der Waals surface area contributed by atoms with Crippen LogP contribution in [-0.2, 0) is 11.3 Å². The third-order valence-corrected chi connectivity index (χ3v) is 6.43. The Morgan fingerprint density at radius 2 is 1.88 bits per heavy atom. The lowest BCUT2D eigenvalue weighted by Crippen LogP contribution is -2.65. The second-order valence-electron chi connectivity index (χ2n) is 7.96. The molecule has 1 spiro atoms. The lowest BCUT2D eigenvalue weighted by Gasteiger charge is -2.61. The number of carboxylic acid groups (broad SMARTS) is 1. The van der Waals surface area contributed by atoms with Crippen LogP contribution in [-0.4, -0.2) is 41.3 Å². The zero-order valence-electron chi connectivity index (χ0n) is 16.2. The Kier molecular flexibility index (Phi) is 6.36. The summed E-state index contributed by atoms with van der Waals surface area (Å²) in [6.45, 7) is 7.15. The van der Waals surface area contributed by atoms with E-state index in [0.717, 1.165) is 32.5 Å². The van der Waals surface area contributed by atoms with Crippen LogP contribution in [0.3, 0.4) is 0 Å². The van der Waals surface area contributed by atoms with Gasteiger partial charge in [0.25, 0.3) is 0 Å². The predicted molar refractivity (Wildman–Crippen MR) is 103 cm³/mol. The van der Waals surface area contributed by atoms with E-state index in [1.54, 1.807) is 12.1 Å². The van der Waals surface area contributed by atoms with Gasteiger partial charge >= 0.3 is 5.97 Å². The molecule has 1 N–H and O–H groups in total. The fourth-order valence-corrected chi connectivity index (χ4v) is 5.16. The molecule has 0 heterocycles. The maximum atomic E-state index is 11.1. The molecule has 0 radical (unpaired) electrons. The van der Waals surface area contributed by atoms with Crippen LogP contribution in [0.1, 0.15) is 74.7 Å². The summed E-state index contributed by atoms with van der Waals surface area (Å²) in [5.74, 6) is -0.860. The van der Waals surface area contributed by atoms with Crippen molar-refractivity contribution in [2.24, 2.45) is 5.41 Å². The molecule has 2 aliphatic rings. The molecule has 26 heavy (non-hydrogen) atoms. The van der Waals surface area contributed by atoms with Crippen LogP contribution in [0.4, 0.5) is 0 Å². The molecule has 144 valence electrons. The molecule has 3 rings (SSSR count). The lowest BCUT2D eigenvalue weighted by atomic mass is 9.54. The zero-order valence-corrected chi connectivity index (χ0v) is 16.2. The summed E-state index contributed by atoms with van der Waals surface area (Å²) in [6, 6.07) is 7.99. The average molecular weight is 360 g/mol. The van der Waals surface area contributed by atoms with Crippen molar-refractivity contribution in [2.45, 2.75) is 77.5 Å². The highest BCUT2D eigenvalue weighted by Crippen LogP contribution is 2.55. The Labute approximate surface area is 157 Å². The minimum Gasteiger partial charge on any atom is -0.478 e. The summed E-state index contributed by atoms with van der Waals surface area (Å²) in [5.41, 5.74) is 1.90. The van der Waals surface area contributed by atoms with Gasteiger partial charge in [-0.2, -0.15) is 0 Å². The molecule has 1 aromatic carbocycles. The van der Waals surface area contributed by atoms with Crippen molar-refractivity contribution in [1.29, 1.82) is 0 Å². The first-order valence-electron chi connectivity index (χ1n) is 10.3. The minimum atomic E-state index is -0.860. The SMILES string of the molecule is CCCN(Cc1ccc(C(=O)O)cc1)C1CC(OCC)C12CCCCC2. The van der Waals surface area contributed by atoms with Crippen molar-refractivity contribution < 1.29 is 14.6 Å². The lowest BCUT2D eigenvalue weighted by molar-refractivity contribution is -0.184. The number of aromatic carboxylic acids is 1. The standard InChI is InChI=1S/C22H33NO3/c1-3-14-23(16-17-8-10-18(11-9-17)21(24)25)19-15-20(26-4-2)22(19)12-6-5-7-13-22/h8-11,19-20H,3-7,12-16H2,1-2H3,(H,24,25). The van der Waals surface area contributed by atoms with E-state index in [4.69, 9.17) is 9.84 Å². The second kappa shape index (κ2) is 8.53. The first-order chi connectivity index (χ1) is 12.6. The average Bonchev–Trinajstić information content (AvgIpc) is 2.65. The highest BCUT2D eigenvalue weighted by atomic mass is 16.5. The molecular formula is C22H33NO3. The van der Waals surface area contributed by atoms with Crippen molar-refractivity contribution in [2.75, 3.05) is 13.2 Å². The van der Waals surface area contributed by atoms with Crippen LogP contribution in [0.2, 0.25) is 0 Å². The van der Waals surface area contributed by atoms with Crippen molar-refractivity contribution >= 4 is 5.97 Å². The zero-order chi connectivity index (χ0) is 18.6. The molecule has 2 saturated carbocycles. The van der Waals surface area contributed by atoms with Gasteiger partial charge in [0, 0.05) is 24.6 Å². The van der Waals surface area contributed by atoms with Crippen molar-refractivity contribution in [3.05, 3.63) is 35.4 Å². The Morgan fingerprint density at radius 3 is 2.46 bits per heavy atom. The number of rotatable bonds is 8. The summed E-state index contributed by atoms with van der Waals surface area (Å²) >= 11 is 0. The first kappa shape index (κ1) is 19.4. The normalized spacial score (nSPS) is 24.6. The number of nitrogens with zero attached hydrogens (tertiary/aromatic N) is 1. The van der Waals surface area contributed by atoms with E-state index in [1.807, 2.05) is 12.1 Å². The van der Waals surface area contributed by atoms with E-state index < -0.39 is 5.97 Å². The molecule has 2 fully saturated rings. The molecule has 2 atom stereocenters. The van der Waals surface area contributed by atoms with Gasteiger partial charge < -0.3 is 9.84 Å². The summed E-state index contributed by atoms with van der Waals surface area (Å²) in [6.07, 6.45) is 9.30. The van der Waals surface area contributed by atoms with Gasteiger partial charge in [-0.25, -0.2) is 4.79 Å². The molecule has 1 aromatic rings. The van der Waals surface area contributed by atoms with Gasteiger partial charge in [0.1, 0.15) is 0 Å². The number of hydrogen-bond acceptors (Lipinski definition) is 3. The summed E-state index contributed by atoms with van der Waals surface area (Å²) in [7, 11) is 0. The van der Waals surface area contributed by atoms with E-state index in [0.29, 0.717) is 23.1 Å². The third kappa shape index (κ3) is 3.81. The van der Waals surface area contributed by atoms with Gasteiger partial charge in [-0.3, -0.25) is 4.90 Å². The Balaban J connectivity index is 1.75. The predicted octanol–water partition coefficient (Wildman–Crippen LogP) is 4.72. The smallest absolute Gasteiger partial charge is 0.335 e. The van der Waals surface area contributed by atoms with Gasteiger partial charge in [-0.05, 0) is 56.8 Å². The molecule has 2 unspecified atom stereocenters. The Morgan fingerprint density at radius 1 is 1.19 bits per heavy atom. The highest BCUT2D eigenvalue weighted by molar-refractivity contribution is 5.87. The molecule has 0 amide bonds. The Hall–Kier alpha value is -1.39. The molecule has 2 aliphatic carbocycles. The molecule has 0 bridgehead atoms. The van der Waals surface area contributed by atoms with Crippen LogP contribution in [0.25, 0.3) is 0 Å². The molecule has 0 aromatic heterocycles. The van der Waals surface area contributed by atoms with E-state index in [2.05, 4.69) is 18.7 Å². The Bertz CT molecular complexity index is 592. The first-order valence-corrected chi connectivity index (χ1v) is 10.3. The molecular weight excluding hydrogens is 326 g/mol. The second-order valence-corrected chi connectivity index (χ2v) is 7.96. The van der Waals surface area contributed by atoms with Gasteiger partial charge in [-0.1, -0.05) is 38.3 Å². The van der Waals surface area contributed by atoms with Crippen LogP contribution < -0.4 is 0 Å². The number of benzene rings is 1. The largest absolute Gasteiger partial charge is 0.478 e. The van der Waals surface area contributed by atoms with E-state index in [9.17, 15) is 4.79 Å². The van der Waals surface area contributed by atoms with Crippen LogP contribution in [0.5, 0.6) is 0 Å². The number of hydrogen-bond donors (Lipinski definition) is 1. The summed E-state index contributed by atoms with van der Waals surface area (Å²) in [5, 5.41) is 9.10. The fraction of sp³-hybridized carbons (Fsp3) is 0.682. The van der Waals surface area contributed by atoms with Crippen molar-refractivity contribution in [1.82, 2.24) is 4.90 Å². The van der Waals surface area contributed by atoms with Crippen LogP contribution >= 0.6 is 0 Å². The fourth-order valence-electron chi connectivity index (χ4n) is 5.16. The van der Waals surface area contributed by atoms with Gasteiger partial charge in [0.05, 0.1) is 11.7 Å². The van der Waals surface area contributed by atoms with Crippen LogP contribution in [0, 0.1) is 5.41 Å². The number of carboxylic acids is 1. The maximum Gasteiger partial charge on any atom is 0.335 e. The van der Waals surface area contributed by atoms with E-state index >= 15 is 0 Å². The van der Waals surface area contributed by atoms with Gasteiger partial charge in [-0.15, -0.1) is 0 Å². The van der Waals surface area contributed by atoms with Gasteiger partial charge in [0.2, 0.25) is 0 Å². The van der Waals surface area contributed by atoms with Crippen molar-refractivity contribution in [3.63, 3.8) is 0 Å². The molecule has 4 heteroatoms. The van der Waals surface area contributed by atoms with Crippen molar-refractivity contribution in [3.8, 4) is 0 Å². The topological polar surface area (TPSA) is 49.8 Å². The number of ether oxygens (including phenoxy) is 1. The van der Waals surface area contributed by atoms with Gasteiger partial charge in [0.15, 0.2) is 0 Å². The minimum absolute atomic E-state index is 0.338. The molecule has 4 nitrogen and oxygen atoms in total. The molecule has 0 aliphatic heterocycles. The highest BCUT2D eigenvalue weighted by Gasteiger charge is 2.57.